The molecule has 0 saturated carbocycles. The summed E-state index contributed by atoms with van der Waals surface area (Å²) < 4.78 is 5.44. The van der Waals surface area contributed by atoms with Gasteiger partial charge in [-0.3, -0.25) is 0 Å². The van der Waals surface area contributed by atoms with Gasteiger partial charge in [0, 0.05) is 0 Å². The van der Waals surface area contributed by atoms with E-state index in [1.807, 2.05) is 6.92 Å². The fourth-order valence-electron chi connectivity index (χ4n) is 0.936. The van der Waals surface area contributed by atoms with Gasteiger partial charge in [0.25, 0.3) is 0 Å². The van der Waals surface area contributed by atoms with Crippen molar-refractivity contribution in [1.82, 2.24) is 5.32 Å². The Labute approximate surface area is 74.7 Å². The van der Waals surface area contributed by atoms with E-state index in [0.717, 1.165) is 12.8 Å². The Kier molecular flexibility index (Phi) is 6.73. The SMILES string of the molecule is CCCC(C)OCC(C#N)NC. The van der Waals surface area contributed by atoms with Crippen LogP contribution in [0.1, 0.15) is 26.7 Å². The first-order valence-electron chi connectivity index (χ1n) is 4.43. The minimum absolute atomic E-state index is 0.177. The maximum atomic E-state index is 8.58. The topological polar surface area (TPSA) is 45.0 Å². The first-order chi connectivity index (χ1) is 5.74. The van der Waals surface area contributed by atoms with Crippen LogP contribution in [0.4, 0.5) is 0 Å². The molecular weight excluding hydrogens is 152 g/mol. The van der Waals surface area contributed by atoms with Crippen molar-refractivity contribution >= 4 is 0 Å². The molecular formula is C9H18N2O. The zero-order valence-corrected chi connectivity index (χ0v) is 8.13. The summed E-state index contributed by atoms with van der Waals surface area (Å²) in [6, 6.07) is 1.94. The number of rotatable bonds is 6. The van der Waals surface area contributed by atoms with Crippen LogP contribution in [0.5, 0.6) is 0 Å². The lowest BCUT2D eigenvalue weighted by Gasteiger charge is -2.14. The number of nitrogens with zero attached hydrogens (tertiary/aromatic N) is 1. The normalized spacial score (nSPS) is 15.2. The van der Waals surface area contributed by atoms with E-state index in [0.29, 0.717) is 6.61 Å². The van der Waals surface area contributed by atoms with Gasteiger partial charge >= 0.3 is 0 Å². The largest absolute Gasteiger partial charge is 0.376 e. The van der Waals surface area contributed by atoms with E-state index in [9.17, 15) is 0 Å². The van der Waals surface area contributed by atoms with Crippen LogP contribution in [-0.2, 0) is 4.74 Å². The zero-order chi connectivity index (χ0) is 9.40. The van der Waals surface area contributed by atoms with Gasteiger partial charge in [-0.15, -0.1) is 0 Å². The number of likely N-dealkylation sites (N-methyl/N-ethyl adjacent to an activating group) is 1. The molecule has 0 amide bonds. The van der Waals surface area contributed by atoms with Gasteiger partial charge in [-0.2, -0.15) is 5.26 Å². The lowest BCUT2D eigenvalue weighted by molar-refractivity contribution is 0.0536. The molecule has 0 aliphatic carbocycles. The van der Waals surface area contributed by atoms with Gasteiger partial charge in [0.05, 0.1) is 18.8 Å². The van der Waals surface area contributed by atoms with Crippen molar-refractivity contribution in [2.24, 2.45) is 0 Å². The molecule has 0 radical (unpaired) electrons. The zero-order valence-electron chi connectivity index (χ0n) is 8.13. The summed E-state index contributed by atoms with van der Waals surface area (Å²) in [4.78, 5) is 0. The van der Waals surface area contributed by atoms with Crippen LogP contribution in [0.2, 0.25) is 0 Å². The van der Waals surface area contributed by atoms with Gasteiger partial charge in [-0.05, 0) is 20.4 Å². The quantitative estimate of drug-likeness (QED) is 0.653. The molecule has 12 heavy (non-hydrogen) atoms. The molecule has 2 atom stereocenters. The van der Waals surface area contributed by atoms with Crippen molar-refractivity contribution in [2.45, 2.75) is 38.8 Å². The Balaban J connectivity index is 3.46. The number of ether oxygens (including phenoxy) is 1. The summed E-state index contributed by atoms with van der Waals surface area (Å²) in [5.41, 5.74) is 0. The fourth-order valence-corrected chi connectivity index (χ4v) is 0.936. The van der Waals surface area contributed by atoms with Gasteiger partial charge in [-0.25, -0.2) is 0 Å². The molecule has 0 spiro atoms. The summed E-state index contributed by atoms with van der Waals surface area (Å²) in [5.74, 6) is 0. The molecule has 0 bridgehead atoms. The molecule has 0 aromatic rings. The van der Waals surface area contributed by atoms with E-state index in [-0.39, 0.29) is 12.1 Å². The standard InChI is InChI=1S/C9H18N2O/c1-4-5-8(2)12-7-9(6-10)11-3/h8-9,11H,4-5,7H2,1-3H3. The number of hydrogen-bond acceptors (Lipinski definition) is 3. The number of nitrogens with one attached hydrogen (secondary N) is 1. The maximum absolute atomic E-state index is 8.58. The van der Waals surface area contributed by atoms with Crippen LogP contribution in [0.15, 0.2) is 0 Å². The molecule has 0 rings (SSSR count). The van der Waals surface area contributed by atoms with E-state index in [1.54, 1.807) is 7.05 Å². The minimum atomic E-state index is -0.177. The Hall–Kier alpha value is -0.590. The molecule has 1 N–H and O–H groups in total. The molecule has 0 aromatic carbocycles. The third-order valence-electron chi connectivity index (χ3n) is 1.75. The van der Waals surface area contributed by atoms with Crippen LogP contribution in [0.25, 0.3) is 0 Å². The first-order valence-corrected chi connectivity index (χ1v) is 4.43. The van der Waals surface area contributed by atoms with Gasteiger partial charge in [-0.1, -0.05) is 13.3 Å². The predicted octanol–water partition coefficient (Wildman–Crippen LogP) is 1.30. The number of nitriles is 1. The Morgan fingerprint density at radius 2 is 2.25 bits per heavy atom. The summed E-state index contributed by atoms with van der Waals surface area (Å²) in [5, 5.41) is 11.4. The van der Waals surface area contributed by atoms with Crippen LogP contribution >= 0.6 is 0 Å². The summed E-state index contributed by atoms with van der Waals surface area (Å²) in [7, 11) is 1.77. The van der Waals surface area contributed by atoms with E-state index in [2.05, 4.69) is 18.3 Å². The monoisotopic (exact) mass is 170 g/mol. The third-order valence-corrected chi connectivity index (χ3v) is 1.75. The highest BCUT2D eigenvalue weighted by Gasteiger charge is 2.06. The molecule has 3 heteroatoms. The lowest BCUT2D eigenvalue weighted by Crippen LogP contribution is -2.30. The number of hydrogen-bond donors (Lipinski definition) is 1. The van der Waals surface area contributed by atoms with E-state index < -0.39 is 0 Å². The van der Waals surface area contributed by atoms with Crippen LogP contribution in [0, 0.1) is 11.3 Å². The van der Waals surface area contributed by atoms with Crippen molar-refractivity contribution in [3.8, 4) is 6.07 Å². The minimum Gasteiger partial charge on any atom is -0.376 e. The highest BCUT2D eigenvalue weighted by Crippen LogP contribution is 2.00. The highest BCUT2D eigenvalue weighted by atomic mass is 16.5. The molecule has 0 saturated heterocycles. The molecule has 0 aliphatic rings. The highest BCUT2D eigenvalue weighted by molar-refractivity contribution is 4.88. The summed E-state index contributed by atoms with van der Waals surface area (Å²) >= 11 is 0. The van der Waals surface area contributed by atoms with Gasteiger partial charge in [0.2, 0.25) is 0 Å². The van der Waals surface area contributed by atoms with Crippen molar-refractivity contribution in [2.75, 3.05) is 13.7 Å². The molecule has 0 aromatic heterocycles. The first kappa shape index (κ1) is 11.4. The second-order valence-electron chi connectivity index (χ2n) is 2.90. The van der Waals surface area contributed by atoms with E-state index in [4.69, 9.17) is 10.00 Å². The maximum Gasteiger partial charge on any atom is 0.119 e. The molecule has 70 valence electrons. The molecule has 3 nitrogen and oxygen atoms in total. The fraction of sp³-hybridized carbons (Fsp3) is 0.889. The average Bonchev–Trinajstić information content (AvgIpc) is 2.07. The second-order valence-corrected chi connectivity index (χ2v) is 2.90. The van der Waals surface area contributed by atoms with Crippen molar-refractivity contribution in [1.29, 1.82) is 5.26 Å². The molecule has 2 unspecified atom stereocenters. The smallest absolute Gasteiger partial charge is 0.119 e. The molecule has 0 heterocycles. The Morgan fingerprint density at radius 1 is 1.58 bits per heavy atom. The predicted molar refractivity (Wildman–Crippen MR) is 48.8 cm³/mol. The molecule has 0 aliphatic heterocycles. The van der Waals surface area contributed by atoms with E-state index in [1.165, 1.54) is 0 Å². The Morgan fingerprint density at radius 3 is 2.67 bits per heavy atom. The lowest BCUT2D eigenvalue weighted by atomic mass is 10.2. The van der Waals surface area contributed by atoms with Crippen LogP contribution in [-0.4, -0.2) is 25.8 Å². The average molecular weight is 170 g/mol. The van der Waals surface area contributed by atoms with Crippen molar-refractivity contribution in [3.05, 3.63) is 0 Å². The van der Waals surface area contributed by atoms with E-state index >= 15 is 0 Å². The Bertz CT molecular complexity index is 142. The van der Waals surface area contributed by atoms with Gasteiger partial charge < -0.3 is 10.1 Å². The van der Waals surface area contributed by atoms with Gasteiger partial charge in [0.1, 0.15) is 6.04 Å². The third kappa shape index (κ3) is 5.11. The van der Waals surface area contributed by atoms with Crippen LogP contribution < -0.4 is 5.32 Å². The summed E-state index contributed by atoms with van der Waals surface area (Å²) in [6.07, 6.45) is 2.44. The van der Waals surface area contributed by atoms with Crippen molar-refractivity contribution in [3.63, 3.8) is 0 Å². The van der Waals surface area contributed by atoms with Crippen molar-refractivity contribution < 1.29 is 4.74 Å². The molecule has 0 fully saturated rings. The van der Waals surface area contributed by atoms with Crippen LogP contribution in [0.3, 0.4) is 0 Å². The van der Waals surface area contributed by atoms with Gasteiger partial charge in [0.15, 0.2) is 0 Å². The summed E-state index contributed by atoms with van der Waals surface area (Å²) in [6.45, 7) is 4.64. The second kappa shape index (κ2) is 7.08.